The zero-order valence-electron chi connectivity index (χ0n) is 10.4. The van der Waals surface area contributed by atoms with Crippen molar-refractivity contribution in [3.63, 3.8) is 0 Å². The second-order valence-electron chi connectivity index (χ2n) is 4.18. The van der Waals surface area contributed by atoms with E-state index in [0.717, 1.165) is 0 Å². The SMILES string of the molecule is NS(=O)(=O)CCNc1nc(C(=O)O)cc2ccccc12. The molecule has 1 heterocycles. The number of hydrogen-bond acceptors (Lipinski definition) is 5. The van der Waals surface area contributed by atoms with Crippen LogP contribution >= 0.6 is 0 Å². The van der Waals surface area contributed by atoms with Crippen LogP contribution in [0.5, 0.6) is 0 Å². The van der Waals surface area contributed by atoms with Gasteiger partial charge in [-0.25, -0.2) is 23.3 Å². The number of pyridine rings is 1. The maximum atomic E-state index is 11.0. The zero-order chi connectivity index (χ0) is 14.8. The number of fused-ring (bicyclic) bond motifs is 1. The molecule has 1 aromatic heterocycles. The van der Waals surface area contributed by atoms with Crippen LogP contribution < -0.4 is 10.5 Å². The molecule has 0 spiro atoms. The van der Waals surface area contributed by atoms with Crippen molar-refractivity contribution in [3.8, 4) is 0 Å². The maximum absolute atomic E-state index is 11.0. The Morgan fingerprint density at radius 3 is 2.70 bits per heavy atom. The van der Waals surface area contributed by atoms with E-state index in [9.17, 15) is 13.2 Å². The third-order valence-electron chi connectivity index (χ3n) is 2.64. The van der Waals surface area contributed by atoms with E-state index >= 15 is 0 Å². The van der Waals surface area contributed by atoms with Crippen molar-refractivity contribution in [1.29, 1.82) is 0 Å². The average molecular weight is 295 g/mol. The second kappa shape index (κ2) is 5.43. The van der Waals surface area contributed by atoms with E-state index < -0.39 is 16.0 Å². The number of hydrogen-bond donors (Lipinski definition) is 3. The molecule has 0 bridgehead atoms. The van der Waals surface area contributed by atoms with Gasteiger partial charge in [-0.05, 0) is 11.5 Å². The molecular formula is C12H13N3O4S. The molecule has 1 aromatic carbocycles. The van der Waals surface area contributed by atoms with Gasteiger partial charge in [0.1, 0.15) is 5.82 Å². The first-order valence-corrected chi connectivity index (χ1v) is 7.46. The topological polar surface area (TPSA) is 122 Å². The van der Waals surface area contributed by atoms with Crippen LogP contribution in [0.4, 0.5) is 5.82 Å². The highest BCUT2D eigenvalue weighted by atomic mass is 32.2. The number of aromatic nitrogens is 1. The summed E-state index contributed by atoms with van der Waals surface area (Å²) >= 11 is 0. The number of carboxylic acid groups (broad SMARTS) is 1. The van der Waals surface area contributed by atoms with Crippen molar-refractivity contribution < 1.29 is 18.3 Å². The highest BCUT2D eigenvalue weighted by molar-refractivity contribution is 7.89. The number of aromatic carboxylic acids is 1. The summed E-state index contributed by atoms with van der Waals surface area (Å²) in [5, 5.41) is 18.2. The number of primary sulfonamides is 1. The first-order chi connectivity index (χ1) is 9.37. The Hall–Kier alpha value is -2.19. The van der Waals surface area contributed by atoms with Crippen LogP contribution in [0.15, 0.2) is 30.3 Å². The lowest BCUT2D eigenvalue weighted by atomic mass is 10.1. The van der Waals surface area contributed by atoms with Crippen molar-refractivity contribution in [1.82, 2.24) is 4.98 Å². The van der Waals surface area contributed by atoms with E-state index in [4.69, 9.17) is 10.2 Å². The molecule has 0 amide bonds. The van der Waals surface area contributed by atoms with Gasteiger partial charge in [0.2, 0.25) is 10.0 Å². The van der Waals surface area contributed by atoms with Crippen LogP contribution in [0.3, 0.4) is 0 Å². The van der Waals surface area contributed by atoms with E-state index in [1.807, 2.05) is 0 Å². The molecule has 0 aliphatic carbocycles. The van der Waals surface area contributed by atoms with Gasteiger partial charge in [0.15, 0.2) is 5.69 Å². The maximum Gasteiger partial charge on any atom is 0.354 e. The minimum atomic E-state index is -3.58. The largest absolute Gasteiger partial charge is 0.477 e. The van der Waals surface area contributed by atoms with Crippen LogP contribution in [-0.2, 0) is 10.0 Å². The standard InChI is InChI=1S/C12H13N3O4S/c13-20(18,19)6-5-14-11-9-4-2-1-3-8(9)7-10(15-11)12(16)17/h1-4,7H,5-6H2,(H,14,15)(H,16,17)(H2,13,18,19). The van der Waals surface area contributed by atoms with Crippen LogP contribution in [0.1, 0.15) is 10.5 Å². The summed E-state index contributed by atoms with van der Waals surface area (Å²) in [6, 6.07) is 8.56. The fourth-order valence-corrected chi connectivity index (χ4v) is 2.14. The monoisotopic (exact) mass is 295 g/mol. The summed E-state index contributed by atoms with van der Waals surface area (Å²) in [5.41, 5.74) is -0.109. The van der Waals surface area contributed by atoms with Crippen LogP contribution in [-0.4, -0.2) is 36.8 Å². The van der Waals surface area contributed by atoms with Gasteiger partial charge in [0, 0.05) is 11.9 Å². The zero-order valence-corrected chi connectivity index (χ0v) is 11.2. The number of sulfonamides is 1. The fourth-order valence-electron chi connectivity index (χ4n) is 1.75. The Morgan fingerprint density at radius 2 is 2.05 bits per heavy atom. The third-order valence-corrected chi connectivity index (χ3v) is 3.41. The molecule has 8 heteroatoms. The van der Waals surface area contributed by atoms with E-state index in [0.29, 0.717) is 16.6 Å². The van der Waals surface area contributed by atoms with Crippen LogP contribution in [0.25, 0.3) is 10.8 Å². The number of nitrogens with one attached hydrogen (secondary N) is 1. The lowest BCUT2D eigenvalue weighted by Gasteiger charge is -2.09. The molecular weight excluding hydrogens is 282 g/mol. The van der Waals surface area contributed by atoms with Gasteiger partial charge in [-0.1, -0.05) is 24.3 Å². The van der Waals surface area contributed by atoms with Gasteiger partial charge >= 0.3 is 5.97 Å². The predicted octanol–water partition coefficient (Wildman–Crippen LogP) is 0.633. The highest BCUT2D eigenvalue weighted by Crippen LogP contribution is 2.22. The van der Waals surface area contributed by atoms with Crippen LogP contribution in [0.2, 0.25) is 0 Å². The number of anilines is 1. The molecule has 2 rings (SSSR count). The highest BCUT2D eigenvalue weighted by Gasteiger charge is 2.11. The van der Waals surface area contributed by atoms with Gasteiger partial charge in [0.25, 0.3) is 0 Å². The van der Waals surface area contributed by atoms with Crippen LogP contribution in [0, 0.1) is 0 Å². The molecule has 0 aliphatic rings. The number of carboxylic acids is 1. The Morgan fingerprint density at radius 1 is 1.35 bits per heavy atom. The van der Waals surface area contributed by atoms with Gasteiger partial charge < -0.3 is 10.4 Å². The molecule has 0 saturated heterocycles. The predicted molar refractivity (Wildman–Crippen MR) is 75.2 cm³/mol. The lowest BCUT2D eigenvalue weighted by molar-refractivity contribution is 0.0691. The van der Waals surface area contributed by atoms with E-state index in [1.54, 1.807) is 24.3 Å². The smallest absolute Gasteiger partial charge is 0.354 e. The molecule has 0 fully saturated rings. The summed E-state index contributed by atoms with van der Waals surface area (Å²) in [7, 11) is -3.58. The fraction of sp³-hybridized carbons (Fsp3) is 0.167. The number of nitrogens with two attached hydrogens (primary N) is 1. The molecule has 106 valence electrons. The number of benzene rings is 1. The van der Waals surface area contributed by atoms with Gasteiger partial charge in [-0.2, -0.15) is 0 Å². The Bertz CT molecular complexity index is 758. The lowest BCUT2D eigenvalue weighted by Crippen LogP contribution is -2.22. The Balaban J connectivity index is 2.37. The number of rotatable bonds is 5. The second-order valence-corrected chi connectivity index (χ2v) is 5.91. The van der Waals surface area contributed by atoms with Gasteiger partial charge in [-0.15, -0.1) is 0 Å². The first kappa shape index (κ1) is 14.2. The Kier molecular flexibility index (Phi) is 3.86. The Labute approximate surface area is 115 Å². The molecule has 7 nitrogen and oxygen atoms in total. The minimum Gasteiger partial charge on any atom is -0.477 e. The molecule has 2 aromatic rings. The quantitative estimate of drug-likeness (QED) is 0.743. The van der Waals surface area contributed by atoms with E-state index in [1.165, 1.54) is 6.07 Å². The first-order valence-electron chi connectivity index (χ1n) is 5.74. The van der Waals surface area contributed by atoms with E-state index in [-0.39, 0.29) is 18.0 Å². The molecule has 20 heavy (non-hydrogen) atoms. The van der Waals surface area contributed by atoms with Gasteiger partial charge in [-0.3, -0.25) is 0 Å². The van der Waals surface area contributed by atoms with Crippen molar-refractivity contribution in [2.45, 2.75) is 0 Å². The molecule has 0 unspecified atom stereocenters. The number of nitrogens with zero attached hydrogens (tertiary/aromatic N) is 1. The normalized spacial score (nSPS) is 11.4. The van der Waals surface area contributed by atoms with Crippen molar-refractivity contribution >= 4 is 32.6 Å². The van der Waals surface area contributed by atoms with Gasteiger partial charge in [0.05, 0.1) is 5.75 Å². The molecule has 4 N–H and O–H groups in total. The summed E-state index contributed by atoms with van der Waals surface area (Å²) in [6.07, 6.45) is 0. The summed E-state index contributed by atoms with van der Waals surface area (Å²) in [6.45, 7) is 0.0545. The van der Waals surface area contributed by atoms with Crippen molar-refractivity contribution in [3.05, 3.63) is 36.0 Å². The molecule has 0 atom stereocenters. The molecule has 0 aliphatic heterocycles. The average Bonchev–Trinajstić information content (AvgIpc) is 2.36. The minimum absolute atomic E-state index is 0.0545. The van der Waals surface area contributed by atoms with Crippen molar-refractivity contribution in [2.75, 3.05) is 17.6 Å². The summed E-state index contributed by atoms with van der Waals surface area (Å²) in [4.78, 5) is 15.0. The summed E-state index contributed by atoms with van der Waals surface area (Å²) in [5.74, 6) is -1.09. The van der Waals surface area contributed by atoms with E-state index in [2.05, 4.69) is 10.3 Å². The molecule has 0 radical (unpaired) electrons. The molecule has 0 saturated carbocycles. The number of carbonyl (C=O) groups is 1. The van der Waals surface area contributed by atoms with Crippen molar-refractivity contribution in [2.24, 2.45) is 5.14 Å². The third kappa shape index (κ3) is 3.43. The summed E-state index contributed by atoms with van der Waals surface area (Å²) < 4.78 is 21.8.